The van der Waals surface area contributed by atoms with Crippen molar-refractivity contribution in [3.05, 3.63) is 40.4 Å². The van der Waals surface area contributed by atoms with Crippen LogP contribution in [0.5, 0.6) is 0 Å². The van der Waals surface area contributed by atoms with Gasteiger partial charge in [0.25, 0.3) is 0 Å². The minimum Gasteiger partial charge on any atom is -0.337 e. The van der Waals surface area contributed by atoms with Gasteiger partial charge in [-0.15, -0.1) is 10.2 Å². The van der Waals surface area contributed by atoms with Crippen LogP contribution in [0, 0.1) is 0 Å². The van der Waals surface area contributed by atoms with Gasteiger partial charge in [-0.25, -0.2) is 0 Å². The molecule has 0 unspecified atom stereocenters. The van der Waals surface area contributed by atoms with Gasteiger partial charge >= 0.3 is 0 Å². The highest BCUT2D eigenvalue weighted by Crippen LogP contribution is 2.27. The number of amides is 1. The summed E-state index contributed by atoms with van der Waals surface area (Å²) in [6, 6.07) is 8.43. The van der Waals surface area contributed by atoms with Crippen LogP contribution in [-0.2, 0) is 4.79 Å². The summed E-state index contributed by atoms with van der Waals surface area (Å²) in [5.41, 5.74) is 0.638. The molecule has 0 bridgehead atoms. The normalized spacial score (nSPS) is 10.2. The number of hydrogen-bond donors (Lipinski definition) is 2. The van der Waals surface area contributed by atoms with Gasteiger partial charge in [-0.05, 0) is 30.3 Å². The monoisotopic (exact) mass is 310 g/mol. The van der Waals surface area contributed by atoms with E-state index in [1.165, 1.54) is 0 Å². The summed E-state index contributed by atoms with van der Waals surface area (Å²) < 4.78 is 0. The molecular weight excluding hydrogens is 299 g/mol. The molecule has 2 aromatic rings. The molecule has 0 saturated heterocycles. The number of carbonyl (C=O) groups is 1. The largest absolute Gasteiger partial charge is 0.337 e. The van der Waals surface area contributed by atoms with Crippen LogP contribution in [-0.4, -0.2) is 16.1 Å². The first-order chi connectivity index (χ1) is 9.58. The molecule has 0 aliphatic rings. The number of carbonyl (C=O) groups excluding carboxylic acids is 1. The molecule has 1 aromatic heterocycles. The lowest BCUT2D eigenvalue weighted by Crippen LogP contribution is -2.11. The zero-order valence-corrected chi connectivity index (χ0v) is 12.2. The SMILES string of the molecule is CCC(=O)Nc1ccc(Nc2cc(Cl)ccc2Cl)nn1. The van der Waals surface area contributed by atoms with Crippen LogP contribution in [0.2, 0.25) is 10.0 Å². The molecule has 0 fully saturated rings. The van der Waals surface area contributed by atoms with Crippen molar-refractivity contribution >= 4 is 46.4 Å². The Morgan fingerprint density at radius 2 is 1.85 bits per heavy atom. The van der Waals surface area contributed by atoms with Gasteiger partial charge in [0.15, 0.2) is 11.6 Å². The third kappa shape index (κ3) is 3.82. The van der Waals surface area contributed by atoms with Gasteiger partial charge in [0.2, 0.25) is 5.91 Å². The van der Waals surface area contributed by atoms with Gasteiger partial charge in [0.05, 0.1) is 10.7 Å². The molecule has 1 heterocycles. The molecule has 20 heavy (non-hydrogen) atoms. The first-order valence-corrected chi connectivity index (χ1v) is 6.69. The van der Waals surface area contributed by atoms with Crippen LogP contribution < -0.4 is 10.6 Å². The van der Waals surface area contributed by atoms with Crippen molar-refractivity contribution in [1.29, 1.82) is 0 Å². The number of rotatable bonds is 4. The summed E-state index contributed by atoms with van der Waals surface area (Å²) in [4.78, 5) is 11.2. The maximum Gasteiger partial charge on any atom is 0.225 e. The van der Waals surface area contributed by atoms with E-state index in [9.17, 15) is 4.79 Å². The van der Waals surface area contributed by atoms with Crippen molar-refractivity contribution in [2.24, 2.45) is 0 Å². The minimum absolute atomic E-state index is 0.113. The van der Waals surface area contributed by atoms with Crippen molar-refractivity contribution < 1.29 is 4.79 Å². The molecule has 104 valence electrons. The average molecular weight is 311 g/mol. The predicted octanol–water partition coefficient (Wildman–Crippen LogP) is 3.88. The Hall–Kier alpha value is -1.85. The third-order valence-electron chi connectivity index (χ3n) is 2.44. The summed E-state index contributed by atoms with van der Waals surface area (Å²) in [6.07, 6.45) is 0.389. The Kier molecular flexibility index (Phi) is 4.76. The van der Waals surface area contributed by atoms with E-state index in [1.807, 2.05) is 0 Å². The van der Waals surface area contributed by atoms with Crippen LogP contribution in [0.15, 0.2) is 30.3 Å². The quantitative estimate of drug-likeness (QED) is 0.899. The lowest BCUT2D eigenvalue weighted by atomic mass is 10.3. The Balaban J connectivity index is 2.10. The first-order valence-electron chi connectivity index (χ1n) is 5.94. The number of halogens is 2. The van der Waals surface area contributed by atoms with E-state index in [-0.39, 0.29) is 5.91 Å². The van der Waals surface area contributed by atoms with E-state index in [0.717, 1.165) is 0 Å². The van der Waals surface area contributed by atoms with Crippen LogP contribution in [0.25, 0.3) is 0 Å². The van der Waals surface area contributed by atoms with E-state index < -0.39 is 0 Å². The van der Waals surface area contributed by atoms with Gasteiger partial charge in [-0.1, -0.05) is 30.1 Å². The molecule has 7 heteroatoms. The highest BCUT2D eigenvalue weighted by atomic mass is 35.5. The van der Waals surface area contributed by atoms with Gasteiger partial charge in [-0.2, -0.15) is 0 Å². The van der Waals surface area contributed by atoms with E-state index in [4.69, 9.17) is 23.2 Å². The van der Waals surface area contributed by atoms with Crippen LogP contribution in [0.3, 0.4) is 0 Å². The molecule has 2 rings (SSSR count). The van der Waals surface area contributed by atoms with Crippen LogP contribution in [0.4, 0.5) is 17.3 Å². The molecule has 2 N–H and O–H groups in total. The minimum atomic E-state index is -0.113. The first kappa shape index (κ1) is 14.6. The van der Waals surface area contributed by atoms with Crippen LogP contribution in [0.1, 0.15) is 13.3 Å². The fourth-order valence-corrected chi connectivity index (χ4v) is 1.76. The van der Waals surface area contributed by atoms with Crippen molar-refractivity contribution in [2.75, 3.05) is 10.6 Å². The fraction of sp³-hybridized carbons (Fsp3) is 0.154. The Morgan fingerprint density at radius 3 is 2.50 bits per heavy atom. The van der Waals surface area contributed by atoms with E-state index >= 15 is 0 Å². The molecule has 0 saturated carbocycles. The number of hydrogen-bond acceptors (Lipinski definition) is 4. The van der Waals surface area contributed by atoms with E-state index in [0.29, 0.717) is 33.8 Å². The van der Waals surface area contributed by atoms with Crippen molar-refractivity contribution in [2.45, 2.75) is 13.3 Å². The second-order valence-corrected chi connectivity index (χ2v) is 4.80. The van der Waals surface area contributed by atoms with Crippen molar-refractivity contribution in [3.63, 3.8) is 0 Å². The molecule has 0 aliphatic carbocycles. The van der Waals surface area contributed by atoms with E-state index in [2.05, 4.69) is 20.8 Å². The third-order valence-corrected chi connectivity index (χ3v) is 3.01. The summed E-state index contributed by atoms with van der Waals surface area (Å²) in [6.45, 7) is 1.76. The van der Waals surface area contributed by atoms with Crippen molar-refractivity contribution in [3.8, 4) is 0 Å². The highest BCUT2D eigenvalue weighted by molar-refractivity contribution is 6.35. The molecule has 1 aromatic carbocycles. The van der Waals surface area contributed by atoms with Gasteiger partial charge in [0.1, 0.15) is 0 Å². The maximum atomic E-state index is 11.2. The lowest BCUT2D eigenvalue weighted by Gasteiger charge is -2.08. The molecule has 0 atom stereocenters. The summed E-state index contributed by atoms with van der Waals surface area (Å²) in [5.74, 6) is 0.793. The molecule has 1 amide bonds. The zero-order chi connectivity index (χ0) is 14.5. The van der Waals surface area contributed by atoms with Gasteiger partial charge in [0, 0.05) is 11.4 Å². The number of aromatic nitrogens is 2. The number of anilines is 3. The Bertz CT molecular complexity index is 616. The van der Waals surface area contributed by atoms with Gasteiger partial charge < -0.3 is 10.6 Å². The second kappa shape index (κ2) is 6.54. The maximum absolute atomic E-state index is 11.2. The lowest BCUT2D eigenvalue weighted by molar-refractivity contribution is -0.115. The number of nitrogens with one attached hydrogen (secondary N) is 2. The second-order valence-electron chi connectivity index (χ2n) is 3.95. The summed E-state index contributed by atoms with van der Waals surface area (Å²) in [5, 5.41) is 14.6. The zero-order valence-electron chi connectivity index (χ0n) is 10.7. The number of benzene rings is 1. The fourth-order valence-electron chi connectivity index (χ4n) is 1.43. The molecule has 5 nitrogen and oxygen atoms in total. The molecule has 0 radical (unpaired) electrons. The molecular formula is C13H12Cl2N4O. The van der Waals surface area contributed by atoms with Crippen LogP contribution >= 0.6 is 23.2 Å². The Labute approximate surface area is 126 Å². The predicted molar refractivity (Wildman–Crippen MR) is 80.7 cm³/mol. The highest BCUT2D eigenvalue weighted by Gasteiger charge is 2.05. The summed E-state index contributed by atoms with van der Waals surface area (Å²) >= 11 is 11.9. The Morgan fingerprint density at radius 1 is 1.15 bits per heavy atom. The van der Waals surface area contributed by atoms with E-state index in [1.54, 1.807) is 37.3 Å². The van der Waals surface area contributed by atoms with Gasteiger partial charge in [-0.3, -0.25) is 4.79 Å². The topological polar surface area (TPSA) is 66.9 Å². The standard InChI is InChI=1S/C13H12Cl2N4O/c1-2-13(20)17-12-6-5-11(18-19-12)16-10-7-8(14)3-4-9(10)15/h3-7H,2H2,1H3,(H,16,18)(H,17,19,20). The van der Waals surface area contributed by atoms with Crippen molar-refractivity contribution in [1.82, 2.24) is 10.2 Å². The average Bonchev–Trinajstić information content (AvgIpc) is 2.45. The molecule has 0 spiro atoms. The smallest absolute Gasteiger partial charge is 0.225 e. The summed E-state index contributed by atoms with van der Waals surface area (Å²) in [7, 11) is 0. The number of nitrogens with zero attached hydrogens (tertiary/aromatic N) is 2. The molecule has 0 aliphatic heterocycles.